The average Bonchev–Trinajstić information content (AvgIpc) is 3.14. The molecule has 0 saturated heterocycles. The van der Waals surface area contributed by atoms with E-state index in [1.165, 1.54) is 25.6 Å². The Hall–Kier alpha value is -3.39. The SMILES string of the molecule is COc1cc2ocnc2cc1C(=O)NC(COCc1ccccc1)C(=O)O. The van der Waals surface area contributed by atoms with Gasteiger partial charge in [0.05, 0.1) is 25.9 Å². The molecule has 2 N–H and O–H groups in total. The molecule has 1 amide bonds. The van der Waals surface area contributed by atoms with Crippen LogP contribution in [0.1, 0.15) is 15.9 Å². The number of benzene rings is 2. The summed E-state index contributed by atoms with van der Waals surface area (Å²) in [7, 11) is 1.41. The first kappa shape index (κ1) is 18.4. The van der Waals surface area contributed by atoms with Crippen molar-refractivity contribution in [3.63, 3.8) is 0 Å². The zero-order chi connectivity index (χ0) is 19.2. The molecule has 0 radical (unpaired) electrons. The van der Waals surface area contributed by atoms with Gasteiger partial charge in [-0.25, -0.2) is 9.78 Å². The number of rotatable bonds is 8. The van der Waals surface area contributed by atoms with Gasteiger partial charge in [-0.05, 0) is 11.6 Å². The van der Waals surface area contributed by atoms with Crippen LogP contribution in [0.3, 0.4) is 0 Å². The van der Waals surface area contributed by atoms with Gasteiger partial charge in [0.25, 0.3) is 5.91 Å². The minimum Gasteiger partial charge on any atom is -0.496 e. The topological polar surface area (TPSA) is 111 Å². The second-order valence-electron chi connectivity index (χ2n) is 5.74. The van der Waals surface area contributed by atoms with Crippen molar-refractivity contribution in [3.05, 3.63) is 60.0 Å². The van der Waals surface area contributed by atoms with Crippen LogP contribution in [-0.2, 0) is 16.1 Å². The number of methoxy groups -OCH3 is 1. The normalized spacial score (nSPS) is 11.9. The maximum atomic E-state index is 12.6. The molecule has 1 unspecified atom stereocenters. The van der Waals surface area contributed by atoms with Gasteiger partial charge in [-0.15, -0.1) is 0 Å². The van der Waals surface area contributed by atoms with Crippen LogP contribution >= 0.6 is 0 Å². The lowest BCUT2D eigenvalue weighted by atomic mass is 10.1. The quantitative estimate of drug-likeness (QED) is 0.625. The van der Waals surface area contributed by atoms with E-state index in [0.29, 0.717) is 11.1 Å². The summed E-state index contributed by atoms with van der Waals surface area (Å²) in [6, 6.07) is 11.1. The molecule has 3 aromatic rings. The minimum absolute atomic E-state index is 0.160. The van der Waals surface area contributed by atoms with E-state index in [1.807, 2.05) is 30.3 Å². The molecule has 1 atom stereocenters. The Labute approximate surface area is 154 Å². The first-order valence-electron chi connectivity index (χ1n) is 8.15. The van der Waals surface area contributed by atoms with Gasteiger partial charge in [-0.3, -0.25) is 4.79 Å². The lowest BCUT2D eigenvalue weighted by Crippen LogP contribution is -2.44. The third-order valence-corrected chi connectivity index (χ3v) is 3.90. The molecule has 27 heavy (non-hydrogen) atoms. The van der Waals surface area contributed by atoms with Crippen molar-refractivity contribution >= 4 is 23.0 Å². The molecular weight excluding hydrogens is 352 g/mol. The standard InChI is InChI=1S/C19H18N2O6/c1-25-16-8-17-14(20-11-27-17)7-13(16)18(22)21-15(19(23)24)10-26-9-12-5-3-2-4-6-12/h2-8,11,15H,9-10H2,1H3,(H,21,22)(H,23,24). The van der Waals surface area contributed by atoms with Crippen molar-refractivity contribution in [2.75, 3.05) is 13.7 Å². The summed E-state index contributed by atoms with van der Waals surface area (Å²) < 4.78 is 15.8. The van der Waals surface area contributed by atoms with Gasteiger partial charge < -0.3 is 24.3 Å². The zero-order valence-electron chi connectivity index (χ0n) is 14.5. The number of carbonyl (C=O) groups is 2. The number of nitrogens with zero attached hydrogens (tertiary/aromatic N) is 1. The van der Waals surface area contributed by atoms with Crippen molar-refractivity contribution in [2.45, 2.75) is 12.6 Å². The summed E-state index contributed by atoms with van der Waals surface area (Å²) in [5, 5.41) is 11.8. The summed E-state index contributed by atoms with van der Waals surface area (Å²) in [6.07, 6.45) is 1.25. The van der Waals surface area contributed by atoms with Crippen LogP contribution < -0.4 is 10.1 Å². The maximum absolute atomic E-state index is 12.6. The fourth-order valence-corrected chi connectivity index (χ4v) is 2.51. The Morgan fingerprint density at radius 1 is 1.26 bits per heavy atom. The van der Waals surface area contributed by atoms with Gasteiger partial charge in [-0.1, -0.05) is 30.3 Å². The Kier molecular flexibility index (Phi) is 5.68. The molecule has 0 fully saturated rings. The molecule has 0 spiro atoms. The molecule has 0 aliphatic rings. The third kappa shape index (κ3) is 4.42. The number of nitrogens with one attached hydrogen (secondary N) is 1. The Bertz CT molecular complexity index is 938. The Morgan fingerprint density at radius 3 is 2.74 bits per heavy atom. The number of hydrogen-bond donors (Lipinski definition) is 2. The molecule has 1 heterocycles. The zero-order valence-corrected chi connectivity index (χ0v) is 14.5. The number of carbonyl (C=O) groups excluding carboxylic acids is 1. The van der Waals surface area contributed by atoms with E-state index in [9.17, 15) is 14.7 Å². The van der Waals surface area contributed by atoms with E-state index in [2.05, 4.69) is 10.3 Å². The van der Waals surface area contributed by atoms with E-state index in [-0.39, 0.29) is 24.5 Å². The number of carboxylic acid groups (broad SMARTS) is 1. The number of hydrogen-bond acceptors (Lipinski definition) is 6. The molecule has 140 valence electrons. The van der Waals surface area contributed by atoms with Gasteiger partial charge >= 0.3 is 5.97 Å². The van der Waals surface area contributed by atoms with Gasteiger partial charge in [0.1, 0.15) is 11.3 Å². The predicted molar refractivity (Wildman–Crippen MR) is 95.5 cm³/mol. The fourth-order valence-electron chi connectivity index (χ4n) is 2.51. The van der Waals surface area contributed by atoms with Crippen molar-refractivity contribution < 1.29 is 28.6 Å². The lowest BCUT2D eigenvalue weighted by molar-refractivity contribution is -0.141. The van der Waals surface area contributed by atoms with Crippen molar-refractivity contribution in [2.24, 2.45) is 0 Å². The van der Waals surface area contributed by atoms with Crippen molar-refractivity contribution in [1.29, 1.82) is 0 Å². The third-order valence-electron chi connectivity index (χ3n) is 3.90. The summed E-state index contributed by atoms with van der Waals surface area (Å²) >= 11 is 0. The van der Waals surface area contributed by atoms with Gasteiger partial charge in [0, 0.05) is 6.07 Å². The van der Waals surface area contributed by atoms with E-state index < -0.39 is 17.9 Å². The fraction of sp³-hybridized carbons (Fsp3) is 0.211. The number of carboxylic acids is 1. The number of oxazole rings is 1. The number of ether oxygens (including phenoxy) is 2. The highest BCUT2D eigenvalue weighted by atomic mass is 16.5. The van der Waals surface area contributed by atoms with Crippen LogP contribution in [-0.4, -0.2) is 41.7 Å². The summed E-state index contributed by atoms with van der Waals surface area (Å²) in [5.74, 6) is -1.54. The number of fused-ring (bicyclic) bond motifs is 1. The van der Waals surface area contributed by atoms with E-state index in [0.717, 1.165) is 5.56 Å². The van der Waals surface area contributed by atoms with Crippen molar-refractivity contribution in [3.8, 4) is 5.75 Å². The van der Waals surface area contributed by atoms with Gasteiger partial charge in [-0.2, -0.15) is 0 Å². The van der Waals surface area contributed by atoms with E-state index in [4.69, 9.17) is 13.9 Å². The largest absolute Gasteiger partial charge is 0.496 e. The van der Waals surface area contributed by atoms with Crippen LogP contribution in [0.15, 0.2) is 53.3 Å². The lowest BCUT2D eigenvalue weighted by Gasteiger charge is -2.16. The number of amides is 1. The van der Waals surface area contributed by atoms with Gasteiger partial charge in [0.15, 0.2) is 18.0 Å². The second kappa shape index (κ2) is 8.33. The van der Waals surface area contributed by atoms with Crippen LogP contribution in [0.2, 0.25) is 0 Å². The molecular formula is C19H18N2O6. The molecule has 8 nitrogen and oxygen atoms in total. The molecule has 0 aliphatic heterocycles. The summed E-state index contributed by atoms with van der Waals surface area (Å²) in [6.45, 7) is 0.0686. The van der Waals surface area contributed by atoms with E-state index >= 15 is 0 Å². The van der Waals surface area contributed by atoms with Crippen LogP contribution in [0, 0.1) is 0 Å². The van der Waals surface area contributed by atoms with Gasteiger partial charge in [0.2, 0.25) is 0 Å². The maximum Gasteiger partial charge on any atom is 0.328 e. The molecule has 2 aromatic carbocycles. The van der Waals surface area contributed by atoms with Crippen LogP contribution in [0.25, 0.3) is 11.1 Å². The monoisotopic (exact) mass is 370 g/mol. The summed E-state index contributed by atoms with van der Waals surface area (Å²) in [5.41, 5.74) is 2.00. The Balaban J connectivity index is 1.68. The number of aliphatic carboxylic acids is 1. The molecule has 3 rings (SSSR count). The molecule has 1 aromatic heterocycles. The number of aromatic nitrogens is 1. The molecule has 8 heteroatoms. The predicted octanol–water partition coefficient (Wildman–Crippen LogP) is 2.24. The first-order chi connectivity index (χ1) is 13.1. The smallest absolute Gasteiger partial charge is 0.328 e. The molecule has 0 saturated carbocycles. The Morgan fingerprint density at radius 2 is 2.04 bits per heavy atom. The molecule has 0 bridgehead atoms. The first-order valence-corrected chi connectivity index (χ1v) is 8.15. The van der Waals surface area contributed by atoms with Crippen molar-refractivity contribution in [1.82, 2.24) is 10.3 Å². The second-order valence-corrected chi connectivity index (χ2v) is 5.74. The highest BCUT2D eigenvalue weighted by molar-refractivity contribution is 6.01. The minimum atomic E-state index is -1.21. The highest BCUT2D eigenvalue weighted by Crippen LogP contribution is 2.25. The summed E-state index contributed by atoms with van der Waals surface area (Å²) in [4.78, 5) is 28.0. The highest BCUT2D eigenvalue weighted by Gasteiger charge is 2.23. The van der Waals surface area contributed by atoms with Crippen LogP contribution in [0.5, 0.6) is 5.75 Å². The average molecular weight is 370 g/mol. The van der Waals surface area contributed by atoms with E-state index in [1.54, 1.807) is 0 Å². The van der Waals surface area contributed by atoms with Crippen LogP contribution in [0.4, 0.5) is 0 Å². The molecule has 0 aliphatic carbocycles.